The molecular formula is C13H14ClN3O. The number of hydrogen-bond donors (Lipinski definition) is 0. The lowest BCUT2D eigenvalue weighted by molar-refractivity contribution is 0.413. The number of halogens is 1. The van der Waals surface area contributed by atoms with Crippen LogP contribution in [0.2, 0.25) is 5.15 Å². The molecule has 0 spiro atoms. The summed E-state index contributed by atoms with van der Waals surface area (Å²) in [6.45, 7) is 4.05. The van der Waals surface area contributed by atoms with E-state index in [9.17, 15) is 0 Å². The molecule has 94 valence electrons. The Labute approximate surface area is 111 Å². The molecule has 0 aliphatic carbocycles. The highest BCUT2D eigenvalue weighted by molar-refractivity contribution is 6.29. The van der Waals surface area contributed by atoms with Crippen molar-refractivity contribution in [1.82, 2.24) is 15.0 Å². The van der Waals surface area contributed by atoms with E-state index in [2.05, 4.69) is 15.0 Å². The van der Waals surface area contributed by atoms with Gasteiger partial charge >= 0.3 is 0 Å². The fraction of sp³-hybridized carbons (Fsp3) is 0.308. The van der Waals surface area contributed by atoms with E-state index in [4.69, 9.17) is 16.3 Å². The van der Waals surface area contributed by atoms with Crippen LogP contribution in [0.4, 0.5) is 0 Å². The zero-order valence-electron chi connectivity index (χ0n) is 10.5. The molecular weight excluding hydrogens is 250 g/mol. The molecule has 0 aliphatic rings. The summed E-state index contributed by atoms with van der Waals surface area (Å²) >= 11 is 6.01. The Morgan fingerprint density at radius 3 is 2.61 bits per heavy atom. The fourth-order valence-electron chi connectivity index (χ4n) is 1.51. The summed E-state index contributed by atoms with van der Waals surface area (Å²) in [4.78, 5) is 12.8. The Morgan fingerprint density at radius 2 is 1.94 bits per heavy atom. The second kappa shape index (κ2) is 5.31. The van der Waals surface area contributed by atoms with Crippen molar-refractivity contribution in [3.05, 3.63) is 35.5 Å². The van der Waals surface area contributed by atoms with E-state index >= 15 is 0 Å². The molecule has 2 rings (SSSR count). The Balaban J connectivity index is 2.49. The molecule has 2 aromatic rings. The molecule has 0 bridgehead atoms. The summed E-state index contributed by atoms with van der Waals surface area (Å²) in [5.41, 5.74) is 1.62. The van der Waals surface area contributed by atoms with Crippen molar-refractivity contribution in [3.8, 4) is 17.0 Å². The zero-order chi connectivity index (χ0) is 13.1. The minimum atomic E-state index is 0.223. The third kappa shape index (κ3) is 2.76. The summed E-state index contributed by atoms with van der Waals surface area (Å²) in [6.07, 6.45) is 3.38. The van der Waals surface area contributed by atoms with Crippen LogP contribution in [0, 0.1) is 0 Å². The molecule has 0 amide bonds. The highest BCUT2D eigenvalue weighted by Crippen LogP contribution is 2.24. The third-order valence-electron chi connectivity index (χ3n) is 2.47. The Morgan fingerprint density at radius 1 is 1.17 bits per heavy atom. The van der Waals surface area contributed by atoms with E-state index in [1.807, 2.05) is 19.9 Å². The predicted octanol–water partition coefficient (Wildman–Crippen LogP) is 3.32. The average Bonchev–Trinajstić information content (AvgIpc) is 2.38. The summed E-state index contributed by atoms with van der Waals surface area (Å²) in [5.74, 6) is 1.63. The smallest absolute Gasteiger partial charge is 0.137 e. The lowest BCUT2D eigenvalue weighted by Gasteiger charge is -2.08. The Hall–Kier alpha value is -1.68. The summed E-state index contributed by atoms with van der Waals surface area (Å²) in [5, 5.41) is 0.437. The maximum Gasteiger partial charge on any atom is 0.137 e. The van der Waals surface area contributed by atoms with Gasteiger partial charge in [0.25, 0.3) is 0 Å². The van der Waals surface area contributed by atoms with Gasteiger partial charge in [0, 0.05) is 23.7 Å². The summed E-state index contributed by atoms with van der Waals surface area (Å²) < 4.78 is 5.15. The molecule has 2 aromatic heterocycles. The first kappa shape index (κ1) is 12.8. The van der Waals surface area contributed by atoms with Crippen molar-refractivity contribution in [3.63, 3.8) is 0 Å². The van der Waals surface area contributed by atoms with Gasteiger partial charge in [-0.25, -0.2) is 9.97 Å². The molecule has 0 aromatic carbocycles. The number of nitrogens with zero attached hydrogens (tertiary/aromatic N) is 3. The highest BCUT2D eigenvalue weighted by Gasteiger charge is 2.09. The molecule has 0 atom stereocenters. The number of aromatic nitrogens is 3. The molecule has 0 N–H and O–H groups in total. The van der Waals surface area contributed by atoms with Crippen molar-refractivity contribution < 1.29 is 4.74 Å². The topological polar surface area (TPSA) is 47.9 Å². The van der Waals surface area contributed by atoms with Gasteiger partial charge < -0.3 is 4.74 Å². The van der Waals surface area contributed by atoms with Crippen LogP contribution < -0.4 is 4.74 Å². The van der Waals surface area contributed by atoms with Crippen LogP contribution in [0.25, 0.3) is 11.3 Å². The largest absolute Gasteiger partial charge is 0.495 e. The third-order valence-corrected chi connectivity index (χ3v) is 2.67. The minimum absolute atomic E-state index is 0.223. The van der Waals surface area contributed by atoms with Crippen LogP contribution in [-0.4, -0.2) is 22.1 Å². The number of pyridine rings is 1. The lowest BCUT2D eigenvalue weighted by atomic mass is 10.1. The second-order valence-electron chi connectivity index (χ2n) is 4.20. The van der Waals surface area contributed by atoms with Crippen LogP contribution in [0.1, 0.15) is 25.6 Å². The second-order valence-corrected chi connectivity index (χ2v) is 4.59. The van der Waals surface area contributed by atoms with Gasteiger partial charge in [-0.05, 0) is 6.07 Å². The first-order chi connectivity index (χ1) is 8.60. The van der Waals surface area contributed by atoms with E-state index in [1.54, 1.807) is 25.6 Å². The molecule has 0 unspecified atom stereocenters. The number of hydrogen-bond acceptors (Lipinski definition) is 4. The first-order valence-corrected chi connectivity index (χ1v) is 6.02. The summed E-state index contributed by atoms with van der Waals surface area (Å²) in [6, 6.07) is 3.60. The van der Waals surface area contributed by atoms with Gasteiger partial charge in [0.1, 0.15) is 16.7 Å². The van der Waals surface area contributed by atoms with Gasteiger partial charge in [-0.2, -0.15) is 0 Å². The van der Waals surface area contributed by atoms with E-state index in [-0.39, 0.29) is 5.92 Å². The van der Waals surface area contributed by atoms with Gasteiger partial charge in [0.05, 0.1) is 19.0 Å². The van der Waals surface area contributed by atoms with Crippen LogP contribution >= 0.6 is 11.6 Å². The summed E-state index contributed by atoms with van der Waals surface area (Å²) in [7, 11) is 1.60. The van der Waals surface area contributed by atoms with Gasteiger partial charge in [0.15, 0.2) is 0 Å². The average molecular weight is 264 g/mol. The van der Waals surface area contributed by atoms with E-state index in [1.165, 1.54) is 0 Å². The lowest BCUT2D eigenvalue weighted by Crippen LogP contribution is -1.99. The molecule has 0 saturated carbocycles. The Bertz CT molecular complexity index is 558. The normalized spacial score (nSPS) is 10.7. The predicted molar refractivity (Wildman–Crippen MR) is 70.9 cm³/mol. The molecule has 2 heterocycles. The Kier molecular flexibility index (Phi) is 3.77. The maximum absolute atomic E-state index is 6.01. The maximum atomic E-state index is 6.01. The number of ether oxygens (including phenoxy) is 1. The molecule has 0 aliphatic heterocycles. The quantitative estimate of drug-likeness (QED) is 0.797. The monoisotopic (exact) mass is 263 g/mol. The van der Waals surface area contributed by atoms with Crippen molar-refractivity contribution >= 4 is 11.6 Å². The molecule has 18 heavy (non-hydrogen) atoms. The molecule has 0 saturated heterocycles. The molecule has 4 nitrogen and oxygen atoms in total. The van der Waals surface area contributed by atoms with Gasteiger partial charge in [-0.3, -0.25) is 4.98 Å². The van der Waals surface area contributed by atoms with Crippen molar-refractivity contribution in [2.24, 2.45) is 0 Å². The van der Waals surface area contributed by atoms with Crippen LogP contribution in [0.5, 0.6) is 5.75 Å². The standard InChI is InChI=1S/C13H14ClN3O/c1-8(2)13-16-11(5-12(14)17-13)9-4-10(18-3)7-15-6-9/h4-8H,1-3H3. The van der Waals surface area contributed by atoms with Crippen molar-refractivity contribution in [2.75, 3.05) is 7.11 Å². The van der Waals surface area contributed by atoms with Crippen LogP contribution in [0.3, 0.4) is 0 Å². The van der Waals surface area contributed by atoms with Crippen molar-refractivity contribution in [2.45, 2.75) is 19.8 Å². The fourth-order valence-corrected chi connectivity index (χ4v) is 1.70. The first-order valence-electron chi connectivity index (χ1n) is 5.64. The molecule has 0 radical (unpaired) electrons. The van der Waals surface area contributed by atoms with Gasteiger partial charge in [-0.15, -0.1) is 0 Å². The van der Waals surface area contributed by atoms with Gasteiger partial charge in [0.2, 0.25) is 0 Å². The highest BCUT2D eigenvalue weighted by atomic mass is 35.5. The van der Waals surface area contributed by atoms with Crippen LogP contribution in [0.15, 0.2) is 24.5 Å². The van der Waals surface area contributed by atoms with Crippen molar-refractivity contribution in [1.29, 1.82) is 0 Å². The van der Waals surface area contributed by atoms with E-state index in [0.717, 1.165) is 17.1 Å². The molecule has 0 fully saturated rings. The zero-order valence-corrected chi connectivity index (χ0v) is 11.3. The minimum Gasteiger partial charge on any atom is -0.495 e. The van der Waals surface area contributed by atoms with E-state index < -0.39 is 0 Å². The number of methoxy groups -OCH3 is 1. The number of rotatable bonds is 3. The van der Waals surface area contributed by atoms with Crippen LogP contribution in [-0.2, 0) is 0 Å². The molecule has 5 heteroatoms. The van der Waals surface area contributed by atoms with Gasteiger partial charge in [-0.1, -0.05) is 25.4 Å². The SMILES string of the molecule is COc1cncc(-c2cc(Cl)nc(C(C)C)n2)c1. The van der Waals surface area contributed by atoms with E-state index in [0.29, 0.717) is 10.9 Å².